The lowest BCUT2D eigenvalue weighted by Gasteiger charge is -2.01. The molecule has 0 aliphatic heterocycles. The molecule has 8 heteroatoms. The van der Waals surface area contributed by atoms with Crippen molar-refractivity contribution in [2.24, 2.45) is 0 Å². The molecule has 20 heavy (non-hydrogen) atoms. The number of oxazole rings is 1. The number of carbonyl (C=O) groups is 1. The van der Waals surface area contributed by atoms with Crippen LogP contribution in [0.3, 0.4) is 0 Å². The molecule has 0 unspecified atom stereocenters. The molecule has 1 aromatic heterocycles. The Morgan fingerprint density at radius 2 is 2.25 bits per heavy atom. The highest BCUT2D eigenvalue weighted by Gasteiger charge is 2.14. The van der Waals surface area contributed by atoms with E-state index in [1.807, 2.05) is 0 Å². The Hall–Kier alpha value is -2.64. The molecule has 106 valence electrons. The number of rotatable bonds is 5. The van der Waals surface area contributed by atoms with Crippen molar-refractivity contribution in [2.45, 2.75) is 19.4 Å². The van der Waals surface area contributed by atoms with Crippen molar-refractivity contribution in [3.63, 3.8) is 0 Å². The molecule has 0 atom stereocenters. The van der Waals surface area contributed by atoms with Gasteiger partial charge >= 0.3 is 5.76 Å². The van der Waals surface area contributed by atoms with Crippen molar-refractivity contribution >= 4 is 22.7 Å². The Kier molecular flexibility index (Phi) is 3.83. The molecule has 1 amide bonds. The molecule has 2 aromatic rings. The Labute approximate surface area is 113 Å². The van der Waals surface area contributed by atoms with Crippen LogP contribution in [0.15, 0.2) is 27.4 Å². The molecule has 1 aromatic carbocycles. The van der Waals surface area contributed by atoms with E-state index in [1.165, 1.54) is 22.8 Å². The van der Waals surface area contributed by atoms with E-state index in [-0.39, 0.29) is 17.2 Å². The fraction of sp³-hybridized carbons (Fsp3) is 0.333. The predicted octanol–water partition coefficient (Wildman–Crippen LogP) is 1.03. The molecule has 0 aliphatic carbocycles. The van der Waals surface area contributed by atoms with Crippen LogP contribution in [0.4, 0.5) is 5.69 Å². The molecule has 0 radical (unpaired) electrons. The number of nitro benzene ring substituents is 1. The van der Waals surface area contributed by atoms with Gasteiger partial charge in [-0.2, -0.15) is 0 Å². The van der Waals surface area contributed by atoms with Gasteiger partial charge in [0.05, 0.1) is 16.5 Å². The molecule has 0 spiro atoms. The topological polar surface area (TPSA) is 107 Å². The van der Waals surface area contributed by atoms with Gasteiger partial charge in [-0.3, -0.25) is 19.5 Å². The van der Waals surface area contributed by atoms with E-state index < -0.39 is 10.7 Å². The minimum Gasteiger partial charge on any atom is -0.407 e. The van der Waals surface area contributed by atoms with Gasteiger partial charge in [-0.25, -0.2) is 4.79 Å². The summed E-state index contributed by atoms with van der Waals surface area (Å²) in [5.74, 6) is -0.695. The SMILES string of the molecule is CNC(=O)CCCn1c(=O)oc2cc([N+](=O)[O-])ccc21. The number of hydrogen-bond acceptors (Lipinski definition) is 5. The third-order valence-electron chi connectivity index (χ3n) is 2.93. The van der Waals surface area contributed by atoms with Crippen molar-refractivity contribution in [1.82, 2.24) is 9.88 Å². The first-order valence-electron chi connectivity index (χ1n) is 6.01. The van der Waals surface area contributed by atoms with Gasteiger partial charge in [0.1, 0.15) is 0 Å². The summed E-state index contributed by atoms with van der Waals surface area (Å²) in [6.45, 7) is 0.317. The Bertz CT molecular complexity index is 715. The zero-order valence-corrected chi connectivity index (χ0v) is 10.8. The highest BCUT2D eigenvalue weighted by Crippen LogP contribution is 2.20. The van der Waals surface area contributed by atoms with Gasteiger partial charge in [-0.15, -0.1) is 0 Å². The molecule has 0 fully saturated rings. The molecule has 0 bridgehead atoms. The summed E-state index contributed by atoms with van der Waals surface area (Å²) in [7, 11) is 1.54. The lowest BCUT2D eigenvalue weighted by Crippen LogP contribution is -2.19. The number of benzene rings is 1. The Balaban J connectivity index is 2.25. The first-order chi connectivity index (χ1) is 9.52. The molecular formula is C12H13N3O5. The normalized spacial score (nSPS) is 10.7. The zero-order valence-electron chi connectivity index (χ0n) is 10.8. The number of amides is 1. The lowest BCUT2D eigenvalue weighted by atomic mass is 10.2. The highest BCUT2D eigenvalue weighted by molar-refractivity contribution is 5.76. The number of non-ortho nitro benzene ring substituents is 1. The number of aryl methyl sites for hydroxylation is 1. The number of nitrogens with zero attached hydrogens (tertiary/aromatic N) is 2. The predicted molar refractivity (Wildman–Crippen MR) is 70.4 cm³/mol. The molecule has 1 heterocycles. The van der Waals surface area contributed by atoms with Gasteiger partial charge in [-0.05, 0) is 12.5 Å². The Morgan fingerprint density at radius 3 is 2.90 bits per heavy atom. The molecule has 2 rings (SSSR count). The van der Waals surface area contributed by atoms with E-state index in [9.17, 15) is 19.7 Å². The van der Waals surface area contributed by atoms with Crippen LogP contribution in [0.2, 0.25) is 0 Å². The van der Waals surface area contributed by atoms with E-state index in [2.05, 4.69) is 5.32 Å². The smallest absolute Gasteiger partial charge is 0.407 e. The maximum Gasteiger partial charge on any atom is 0.419 e. The molecule has 0 saturated carbocycles. The molecule has 0 aliphatic rings. The molecule has 1 N–H and O–H groups in total. The fourth-order valence-corrected chi connectivity index (χ4v) is 1.90. The van der Waals surface area contributed by atoms with E-state index in [1.54, 1.807) is 7.05 Å². The second-order valence-corrected chi connectivity index (χ2v) is 4.21. The van der Waals surface area contributed by atoms with Crippen molar-refractivity contribution in [1.29, 1.82) is 0 Å². The fourth-order valence-electron chi connectivity index (χ4n) is 1.90. The number of fused-ring (bicyclic) bond motifs is 1. The number of carbonyl (C=O) groups excluding carboxylic acids is 1. The summed E-state index contributed by atoms with van der Waals surface area (Å²) in [5, 5.41) is 13.1. The lowest BCUT2D eigenvalue weighted by molar-refractivity contribution is -0.384. The first kappa shape index (κ1) is 13.8. The summed E-state index contributed by atoms with van der Waals surface area (Å²) < 4.78 is 6.34. The van der Waals surface area contributed by atoms with Crippen LogP contribution in [-0.2, 0) is 11.3 Å². The zero-order chi connectivity index (χ0) is 14.7. The molecular weight excluding hydrogens is 266 g/mol. The number of hydrogen-bond donors (Lipinski definition) is 1. The minimum atomic E-state index is -0.586. The highest BCUT2D eigenvalue weighted by atomic mass is 16.6. The summed E-state index contributed by atoms with van der Waals surface area (Å²) >= 11 is 0. The van der Waals surface area contributed by atoms with Crippen LogP contribution in [0.1, 0.15) is 12.8 Å². The van der Waals surface area contributed by atoms with Crippen LogP contribution in [0.5, 0.6) is 0 Å². The van der Waals surface area contributed by atoms with Crippen molar-refractivity contribution < 1.29 is 14.1 Å². The van der Waals surface area contributed by atoms with Gasteiger partial charge in [0, 0.05) is 26.1 Å². The van der Waals surface area contributed by atoms with E-state index in [4.69, 9.17) is 4.42 Å². The summed E-state index contributed by atoms with van der Waals surface area (Å²) in [6, 6.07) is 4.00. The van der Waals surface area contributed by atoms with Crippen LogP contribution in [-0.4, -0.2) is 22.4 Å². The van der Waals surface area contributed by atoms with Crippen molar-refractivity contribution in [3.05, 3.63) is 38.9 Å². The van der Waals surface area contributed by atoms with Gasteiger partial charge in [0.15, 0.2) is 5.58 Å². The molecule has 8 nitrogen and oxygen atoms in total. The van der Waals surface area contributed by atoms with Crippen LogP contribution < -0.4 is 11.1 Å². The monoisotopic (exact) mass is 279 g/mol. The van der Waals surface area contributed by atoms with Gasteiger partial charge in [0.2, 0.25) is 5.91 Å². The van der Waals surface area contributed by atoms with Gasteiger partial charge in [0.25, 0.3) is 5.69 Å². The maximum atomic E-state index is 11.7. The quantitative estimate of drug-likeness (QED) is 0.649. The van der Waals surface area contributed by atoms with E-state index >= 15 is 0 Å². The van der Waals surface area contributed by atoms with Gasteiger partial charge in [-0.1, -0.05) is 0 Å². The van der Waals surface area contributed by atoms with Gasteiger partial charge < -0.3 is 9.73 Å². The molecule has 0 saturated heterocycles. The van der Waals surface area contributed by atoms with Crippen LogP contribution in [0, 0.1) is 10.1 Å². The third-order valence-corrected chi connectivity index (χ3v) is 2.93. The average molecular weight is 279 g/mol. The summed E-state index contributed by atoms with van der Waals surface area (Å²) in [6.07, 6.45) is 0.772. The van der Waals surface area contributed by atoms with Crippen molar-refractivity contribution in [3.8, 4) is 0 Å². The van der Waals surface area contributed by atoms with Crippen LogP contribution >= 0.6 is 0 Å². The number of nitrogens with one attached hydrogen (secondary N) is 1. The maximum absolute atomic E-state index is 11.7. The second kappa shape index (κ2) is 5.55. The van der Waals surface area contributed by atoms with Crippen LogP contribution in [0.25, 0.3) is 11.1 Å². The largest absolute Gasteiger partial charge is 0.419 e. The Morgan fingerprint density at radius 1 is 1.50 bits per heavy atom. The summed E-state index contributed by atoms with van der Waals surface area (Å²) in [4.78, 5) is 32.9. The summed E-state index contributed by atoms with van der Waals surface area (Å²) in [5.41, 5.74) is 0.519. The average Bonchev–Trinajstić information content (AvgIpc) is 2.73. The third kappa shape index (κ3) is 2.68. The number of nitro groups is 1. The van der Waals surface area contributed by atoms with E-state index in [0.29, 0.717) is 24.9 Å². The number of aromatic nitrogens is 1. The second-order valence-electron chi connectivity index (χ2n) is 4.21. The minimum absolute atomic E-state index is 0.110. The van der Waals surface area contributed by atoms with E-state index in [0.717, 1.165) is 0 Å². The first-order valence-corrected chi connectivity index (χ1v) is 6.01. The van der Waals surface area contributed by atoms with Crippen molar-refractivity contribution in [2.75, 3.05) is 7.05 Å². The standard InChI is InChI=1S/C12H13N3O5/c1-13-11(16)3-2-6-14-9-5-4-8(15(18)19)7-10(9)20-12(14)17/h4-5,7H,2-3,6H2,1H3,(H,13,16).